The predicted molar refractivity (Wildman–Crippen MR) is 201 cm³/mol. The van der Waals surface area contributed by atoms with Gasteiger partial charge in [-0.05, 0) is 70.8 Å². The van der Waals surface area contributed by atoms with Gasteiger partial charge in [-0.3, -0.25) is 0 Å². The number of fused-ring (bicyclic) bond motifs is 8. The van der Waals surface area contributed by atoms with Crippen LogP contribution in [0.2, 0.25) is 0 Å². The molecule has 5 heterocycles. The van der Waals surface area contributed by atoms with Crippen LogP contribution in [0.15, 0.2) is 146 Å². The van der Waals surface area contributed by atoms with Crippen LogP contribution < -0.4 is 0 Å². The molecule has 0 saturated heterocycles. The van der Waals surface area contributed by atoms with Crippen LogP contribution in [0.5, 0.6) is 0 Å². The summed E-state index contributed by atoms with van der Waals surface area (Å²) in [4.78, 5) is 18.3. The van der Waals surface area contributed by atoms with Gasteiger partial charge < -0.3 is 9.97 Å². The van der Waals surface area contributed by atoms with Crippen LogP contribution in [0.25, 0.3) is 90.9 Å². The monoisotopic (exact) mass is 666 g/mol. The molecule has 3 aromatic heterocycles. The van der Waals surface area contributed by atoms with Crippen molar-refractivity contribution in [2.45, 2.75) is 0 Å². The summed E-state index contributed by atoms with van der Waals surface area (Å²) in [7, 11) is 0. The molecule has 2 N–H and O–H groups in total. The molecule has 8 bridgehead atoms. The summed E-state index contributed by atoms with van der Waals surface area (Å²) in [6, 6.07) is 50.7. The molecule has 9 rings (SSSR count). The second kappa shape index (κ2) is 12.9. The molecule has 49 heavy (non-hydrogen) atoms. The molecule has 232 valence electrons. The van der Waals surface area contributed by atoms with Crippen LogP contribution in [-0.4, -0.2) is 19.9 Å². The number of benzene rings is 4. The van der Waals surface area contributed by atoms with Crippen LogP contribution in [0.1, 0.15) is 22.8 Å². The molecule has 0 saturated carbocycles. The Kier molecular flexibility index (Phi) is 7.99. The van der Waals surface area contributed by atoms with Gasteiger partial charge in [-0.2, -0.15) is 0 Å². The molecular weight excluding hydrogens is 637 g/mol. The third-order valence-corrected chi connectivity index (χ3v) is 9.00. The van der Waals surface area contributed by atoms with Crippen LogP contribution in [0.4, 0.5) is 0 Å². The molecule has 0 unspecified atom stereocenters. The maximum atomic E-state index is 5.35. The Morgan fingerprint density at radius 1 is 0.286 bits per heavy atom. The number of nitrogens with zero attached hydrogens (tertiary/aromatic N) is 2. The van der Waals surface area contributed by atoms with Crippen LogP contribution in [0.3, 0.4) is 0 Å². The van der Waals surface area contributed by atoms with Gasteiger partial charge in [-0.25, -0.2) is 9.97 Å². The summed E-state index contributed by atoms with van der Waals surface area (Å²) in [5.74, 6) is 0. The zero-order chi connectivity index (χ0) is 31.9. The van der Waals surface area contributed by atoms with Crippen LogP contribution in [-0.2, 0) is 17.4 Å². The number of rotatable bonds is 4. The van der Waals surface area contributed by atoms with Crippen molar-refractivity contribution in [2.24, 2.45) is 0 Å². The quantitative estimate of drug-likeness (QED) is 0.196. The topological polar surface area (TPSA) is 57.4 Å². The van der Waals surface area contributed by atoms with Crippen molar-refractivity contribution in [2.75, 3.05) is 0 Å². The van der Waals surface area contributed by atoms with Crippen molar-refractivity contribution in [1.29, 1.82) is 0 Å². The molecule has 5 heteroatoms. The average Bonchev–Trinajstić information content (AvgIpc) is 3.98. The van der Waals surface area contributed by atoms with Gasteiger partial charge in [0.25, 0.3) is 0 Å². The summed E-state index contributed by atoms with van der Waals surface area (Å²) >= 11 is 0. The molecule has 0 aliphatic carbocycles. The van der Waals surface area contributed by atoms with Gasteiger partial charge in [0.15, 0.2) is 0 Å². The summed E-state index contributed by atoms with van der Waals surface area (Å²) in [5, 5.41) is 0. The summed E-state index contributed by atoms with van der Waals surface area (Å²) in [6.45, 7) is 0. The Morgan fingerprint density at radius 3 is 0.735 bits per heavy atom. The molecule has 0 atom stereocenters. The van der Waals surface area contributed by atoms with E-state index in [1.807, 2.05) is 24.3 Å². The SMILES string of the molecule is C1=Cc2nc1c(-c1ccccc1)c1ccc([nH]1)c(-c1ccccc1)c1nc(c(-c3ccccc3)c3ccc([nH]3)c2-c2ccccc2)C=C1.[Cr]. The van der Waals surface area contributed by atoms with E-state index in [0.29, 0.717) is 0 Å². The third kappa shape index (κ3) is 5.56. The molecule has 2 aliphatic heterocycles. The van der Waals surface area contributed by atoms with E-state index in [1.54, 1.807) is 0 Å². The fourth-order valence-corrected chi connectivity index (χ4v) is 6.84. The average molecular weight is 667 g/mol. The van der Waals surface area contributed by atoms with Crippen molar-refractivity contribution >= 4 is 46.4 Å². The molecule has 0 radical (unpaired) electrons. The van der Waals surface area contributed by atoms with E-state index in [9.17, 15) is 0 Å². The van der Waals surface area contributed by atoms with E-state index in [4.69, 9.17) is 9.97 Å². The number of aromatic amines is 2. The maximum Gasteiger partial charge on any atom is 0.0737 e. The molecule has 0 amide bonds. The Labute approximate surface area is 295 Å². The molecule has 7 aromatic rings. The molecule has 4 nitrogen and oxygen atoms in total. The van der Waals surface area contributed by atoms with Gasteiger partial charge in [-0.15, -0.1) is 0 Å². The fraction of sp³-hybridized carbons (Fsp3) is 0. The Balaban J connectivity index is 0.00000348. The van der Waals surface area contributed by atoms with E-state index in [-0.39, 0.29) is 17.4 Å². The van der Waals surface area contributed by atoms with Gasteiger partial charge in [-0.1, -0.05) is 121 Å². The predicted octanol–water partition coefficient (Wildman–Crippen LogP) is 11.3. The van der Waals surface area contributed by atoms with E-state index in [0.717, 1.165) is 89.4 Å². The molecule has 2 aliphatic rings. The third-order valence-electron chi connectivity index (χ3n) is 9.00. The Hall–Kier alpha value is -5.99. The van der Waals surface area contributed by atoms with E-state index >= 15 is 0 Å². The Bertz CT molecular complexity index is 2180. The van der Waals surface area contributed by atoms with Crippen molar-refractivity contribution in [3.63, 3.8) is 0 Å². The van der Waals surface area contributed by atoms with Gasteiger partial charge in [0.1, 0.15) is 0 Å². The second-order valence-corrected chi connectivity index (χ2v) is 12.0. The van der Waals surface area contributed by atoms with E-state index in [1.165, 1.54) is 0 Å². The second-order valence-electron chi connectivity index (χ2n) is 12.0. The standard InChI is InChI=1S/C44H30N4.Cr/c1-5-13-29(14-6-1)41-33-21-23-35(45-33)42(30-15-7-2-8-16-30)37-25-27-39(47-37)44(32-19-11-4-12-20-32)40-28-26-38(48-40)43(31-17-9-3-10-18-31)36-24-22-34(41)46-36;/h1-28,45,48H;. The van der Waals surface area contributed by atoms with Gasteiger partial charge in [0, 0.05) is 61.7 Å². The van der Waals surface area contributed by atoms with Crippen molar-refractivity contribution in [3.05, 3.63) is 168 Å². The first kappa shape index (κ1) is 30.4. The van der Waals surface area contributed by atoms with Crippen molar-refractivity contribution in [1.82, 2.24) is 19.9 Å². The first-order valence-corrected chi connectivity index (χ1v) is 16.2. The normalized spacial score (nSPS) is 11.8. The number of aromatic nitrogens is 4. The summed E-state index contributed by atoms with van der Waals surface area (Å²) in [5.41, 5.74) is 16.2. The van der Waals surface area contributed by atoms with Crippen LogP contribution >= 0.6 is 0 Å². The minimum absolute atomic E-state index is 0. The van der Waals surface area contributed by atoms with Crippen molar-refractivity contribution in [3.8, 4) is 44.5 Å². The van der Waals surface area contributed by atoms with Crippen molar-refractivity contribution < 1.29 is 17.4 Å². The first-order valence-electron chi connectivity index (χ1n) is 16.2. The number of H-pyrrole nitrogens is 2. The molecule has 4 aromatic carbocycles. The smallest absolute Gasteiger partial charge is 0.0737 e. The van der Waals surface area contributed by atoms with Gasteiger partial charge >= 0.3 is 0 Å². The first-order chi connectivity index (χ1) is 23.8. The number of hydrogen-bond donors (Lipinski definition) is 2. The summed E-state index contributed by atoms with van der Waals surface area (Å²) in [6.07, 6.45) is 8.54. The minimum Gasteiger partial charge on any atom is -0.354 e. The summed E-state index contributed by atoms with van der Waals surface area (Å²) < 4.78 is 0. The van der Waals surface area contributed by atoms with E-state index < -0.39 is 0 Å². The molecular formula is C44H30CrN4. The maximum absolute atomic E-state index is 5.35. The van der Waals surface area contributed by atoms with Gasteiger partial charge in [0.2, 0.25) is 0 Å². The van der Waals surface area contributed by atoms with E-state index in [2.05, 4.69) is 156 Å². The molecule has 0 fully saturated rings. The van der Waals surface area contributed by atoms with Gasteiger partial charge in [0.05, 0.1) is 22.8 Å². The zero-order valence-electron chi connectivity index (χ0n) is 26.5. The number of nitrogens with one attached hydrogen (secondary N) is 2. The van der Waals surface area contributed by atoms with Crippen LogP contribution in [0, 0.1) is 0 Å². The minimum atomic E-state index is 0. The fourth-order valence-electron chi connectivity index (χ4n) is 6.84. The zero-order valence-corrected chi connectivity index (χ0v) is 27.7. The largest absolute Gasteiger partial charge is 0.354 e. The Morgan fingerprint density at radius 2 is 0.510 bits per heavy atom. The number of hydrogen-bond acceptors (Lipinski definition) is 2. The molecule has 0 spiro atoms.